The minimum atomic E-state index is -0.836. The van der Waals surface area contributed by atoms with Gasteiger partial charge in [-0.1, -0.05) is 80.1 Å². The number of nitrogens with zero attached hydrogens (tertiary/aromatic N) is 6. The summed E-state index contributed by atoms with van der Waals surface area (Å²) in [6, 6.07) is 24.1. The molecule has 0 amide bonds. The molecule has 0 aliphatic carbocycles. The van der Waals surface area contributed by atoms with Crippen LogP contribution in [0.2, 0.25) is 0 Å². The zero-order valence-electron chi connectivity index (χ0n) is 21.2. The maximum atomic E-state index is 11.0. The number of nitrogens with one attached hydrogen (secondary N) is 1. The van der Waals surface area contributed by atoms with Crippen LogP contribution in [0.5, 0.6) is 0 Å². The molecule has 0 saturated carbocycles. The van der Waals surface area contributed by atoms with Gasteiger partial charge in [-0.3, -0.25) is 4.79 Å². The van der Waals surface area contributed by atoms with Crippen LogP contribution in [0, 0.1) is 0 Å². The van der Waals surface area contributed by atoms with Gasteiger partial charge in [0.2, 0.25) is 0 Å². The van der Waals surface area contributed by atoms with Crippen LogP contribution >= 0.6 is 0 Å². The van der Waals surface area contributed by atoms with Gasteiger partial charge in [0, 0.05) is 18.4 Å². The second-order valence-electron chi connectivity index (χ2n) is 9.27. The third-order valence-corrected chi connectivity index (χ3v) is 6.39. The standard InChI is InChI=1S/C29H29N7O2/c1-2-3-9-26-30-27(17-20-10-12-21(13-11-20)18-28(37)38)36(33-26)19-22-14-15-24(23-7-5-4-6-8-23)25(16-22)29-31-34-35-32-29/h4-8,10-16H,2-3,9,17-19H2,1H3,(H,37,38)(H,31,32,34,35). The second-order valence-corrected chi connectivity index (χ2v) is 9.27. The molecule has 2 aromatic heterocycles. The average Bonchev–Trinajstić information content (AvgIpc) is 3.59. The Balaban J connectivity index is 1.45. The summed E-state index contributed by atoms with van der Waals surface area (Å²) in [5.74, 6) is 1.48. The van der Waals surface area contributed by atoms with Crippen LogP contribution in [-0.4, -0.2) is 46.5 Å². The SMILES string of the molecule is CCCCc1nc(Cc2ccc(CC(=O)O)cc2)n(Cc2ccc(-c3ccccc3)c(-c3nnn[nH]3)c2)n1. The highest BCUT2D eigenvalue weighted by Gasteiger charge is 2.15. The molecule has 0 fully saturated rings. The van der Waals surface area contributed by atoms with Gasteiger partial charge in [-0.15, -0.1) is 5.10 Å². The summed E-state index contributed by atoms with van der Waals surface area (Å²) in [6.45, 7) is 2.71. The zero-order valence-corrected chi connectivity index (χ0v) is 21.2. The van der Waals surface area contributed by atoms with Crippen LogP contribution < -0.4 is 0 Å². The van der Waals surface area contributed by atoms with Crippen molar-refractivity contribution in [3.05, 3.63) is 101 Å². The fourth-order valence-corrected chi connectivity index (χ4v) is 4.46. The van der Waals surface area contributed by atoms with Crippen LogP contribution in [0.25, 0.3) is 22.5 Å². The fourth-order valence-electron chi connectivity index (χ4n) is 4.46. The monoisotopic (exact) mass is 507 g/mol. The predicted octanol–water partition coefficient (Wildman–Crippen LogP) is 4.73. The molecule has 3 aromatic carbocycles. The molecule has 0 unspecified atom stereocenters. The summed E-state index contributed by atoms with van der Waals surface area (Å²) in [7, 11) is 0. The summed E-state index contributed by atoms with van der Waals surface area (Å²) >= 11 is 0. The summed E-state index contributed by atoms with van der Waals surface area (Å²) in [4.78, 5) is 15.9. The Labute approximate surface area is 220 Å². The number of aromatic amines is 1. The summed E-state index contributed by atoms with van der Waals surface area (Å²) in [5, 5.41) is 28.5. The van der Waals surface area contributed by atoms with E-state index in [1.807, 2.05) is 47.1 Å². The van der Waals surface area contributed by atoms with Crippen molar-refractivity contribution in [1.82, 2.24) is 35.4 Å². The van der Waals surface area contributed by atoms with Gasteiger partial charge < -0.3 is 5.11 Å². The number of carboxylic acids is 1. The van der Waals surface area contributed by atoms with E-state index >= 15 is 0 Å². The number of hydrogen-bond donors (Lipinski definition) is 2. The number of rotatable bonds is 11. The van der Waals surface area contributed by atoms with Gasteiger partial charge in [0.05, 0.1) is 13.0 Å². The number of aromatic nitrogens is 7. The lowest BCUT2D eigenvalue weighted by atomic mass is 9.97. The van der Waals surface area contributed by atoms with E-state index in [1.165, 1.54) is 0 Å². The molecule has 0 spiro atoms. The molecule has 0 aliphatic heterocycles. The largest absolute Gasteiger partial charge is 0.481 e. The van der Waals surface area contributed by atoms with E-state index in [0.29, 0.717) is 18.8 Å². The molecule has 0 saturated heterocycles. The number of aliphatic carboxylic acids is 1. The Morgan fingerprint density at radius 3 is 2.42 bits per heavy atom. The van der Waals surface area contributed by atoms with Gasteiger partial charge >= 0.3 is 5.97 Å². The van der Waals surface area contributed by atoms with E-state index in [-0.39, 0.29) is 6.42 Å². The average molecular weight is 508 g/mol. The van der Waals surface area contributed by atoms with Crippen molar-refractivity contribution in [3.63, 3.8) is 0 Å². The quantitative estimate of drug-likeness (QED) is 0.265. The first-order valence-corrected chi connectivity index (χ1v) is 12.7. The number of carboxylic acid groups (broad SMARTS) is 1. The Kier molecular flexibility index (Phi) is 7.63. The van der Waals surface area contributed by atoms with Gasteiger partial charge in [-0.2, -0.15) is 5.10 Å². The minimum Gasteiger partial charge on any atom is -0.481 e. The number of unbranched alkanes of at least 4 members (excludes halogenated alkanes) is 1. The maximum Gasteiger partial charge on any atom is 0.307 e. The van der Waals surface area contributed by atoms with Gasteiger partial charge in [0.25, 0.3) is 0 Å². The molecule has 192 valence electrons. The number of tetrazole rings is 1. The number of H-pyrrole nitrogens is 1. The molecule has 2 heterocycles. The van der Waals surface area contributed by atoms with Crippen molar-refractivity contribution >= 4 is 5.97 Å². The van der Waals surface area contributed by atoms with Crippen LogP contribution in [-0.2, 0) is 30.6 Å². The Morgan fingerprint density at radius 2 is 1.71 bits per heavy atom. The van der Waals surface area contributed by atoms with Gasteiger partial charge in [-0.25, -0.2) is 14.8 Å². The summed E-state index contributed by atoms with van der Waals surface area (Å²) in [6.07, 6.45) is 3.55. The first-order valence-electron chi connectivity index (χ1n) is 12.7. The molecule has 0 radical (unpaired) electrons. The van der Waals surface area contributed by atoms with Gasteiger partial charge in [-0.05, 0) is 50.7 Å². The molecular weight excluding hydrogens is 478 g/mol. The Morgan fingerprint density at radius 1 is 0.947 bits per heavy atom. The molecule has 0 aliphatic rings. The van der Waals surface area contributed by atoms with Crippen molar-refractivity contribution in [2.75, 3.05) is 0 Å². The van der Waals surface area contributed by atoms with Crippen LogP contribution in [0.4, 0.5) is 0 Å². The molecule has 0 atom stereocenters. The van der Waals surface area contributed by atoms with E-state index in [0.717, 1.165) is 64.3 Å². The molecule has 0 bridgehead atoms. The van der Waals surface area contributed by atoms with Crippen molar-refractivity contribution in [3.8, 4) is 22.5 Å². The van der Waals surface area contributed by atoms with Crippen LogP contribution in [0.1, 0.15) is 48.1 Å². The third kappa shape index (κ3) is 6.00. The van der Waals surface area contributed by atoms with E-state index < -0.39 is 5.97 Å². The first kappa shape index (κ1) is 25.0. The highest BCUT2D eigenvalue weighted by Crippen LogP contribution is 2.31. The highest BCUT2D eigenvalue weighted by atomic mass is 16.4. The van der Waals surface area contributed by atoms with Crippen LogP contribution in [0.3, 0.4) is 0 Å². The van der Waals surface area contributed by atoms with Crippen molar-refractivity contribution < 1.29 is 9.90 Å². The number of carbonyl (C=O) groups is 1. The molecule has 9 heteroatoms. The second kappa shape index (κ2) is 11.6. The highest BCUT2D eigenvalue weighted by molar-refractivity contribution is 5.80. The van der Waals surface area contributed by atoms with Gasteiger partial charge in [0.15, 0.2) is 11.6 Å². The first-order chi connectivity index (χ1) is 18.6. The zero-order chi connectivity index (χ0) is 26.3. The van der Waals surface area contributed by atoms with E-state index in [2.05, 4.69) is 57.9 Å². The van der Waals surface area contributed by atoms with E-state index in [4.69, 9.17) is 15.2 Å². The predicted molar refractivity (Wildman–Crippen MR) is 143 cm³/mol. The number of benzene rings is 3. The van der Waals surface area contributed by atoms with Gasteiger partial charge in [0.1, 0.15) is 5.82 Å². The van der Waals surface area contributed by atoms with Crippen molar-refractivity contribution in [1.29, 1.82) is 0 Å². The molecule has 5 aromatic rings. The summed E-state index contributed by atoms with van der Waals surface area (Å²) < 4.78 is 1.97. The third-order valence-electron chi connectivity index (χ3n) is 6.39. The van der Waals surface area contributed by atoms with Crippen molar-refractivity contribution in [2.24, 2.45) is 0 Å². The van der Waals surface area contributed by atoms with Crippen molar-refractivity contribution in [2.45, 2.75) is 45.6 Å². The Hall–Kier alpha value is -4.66. The lowest BCUT2D eigenvalue weighted by molar-refractivity contribution is -0.136. The molecule has 5 rings (SSSR count). The lowest BCUT2D eigenvalue weighted by Gasteiger charge is -2.12. The fraction of sp³-hybridized carbons (Fsp3) is 0.241. The van der Waals surface area contributed by atoms with Crippen LogP contribution in [0.15, 0.2) is 72.8 Å². The molecule has 9 nitrogen and oxygen atoms in total. The smallest absolute Gasteiger partial charge is 0.307 e. The minimum absolute atomic E-state index is 0.0135. The normalized spacial score (nSPS) is 11.1. The maximum absolute atomic E-state index is 11.0. The molecular formula is C29H29N7O2. The van der Waals surface area contributed by atoms with E-state index in [1.54, 1.807) is 0 Å². The topological polar surface area (TPSA) is 122 Å². The molecule has 38 heavy (non-hydrogen) atoms. The molecule has 2 N–H and O–H groups in total. The lowest BCUT2D eigenvalue weighted by Crippen LogP contribution is -2.08. The Bertz CT molecular complexity index is 1490. The number of aryl methyl sites for hydroxylation is 1. The summed E-state index contributed by atoms with van der Waals surface area (Å²) in [5.41, 5.74) is 5.93. The van der Waals surface area contributed by atoms with E-state index in [9.17, 15) is 4.79 Å². The number of hydrogen-bond acceptors (Lipinski definition) is 6.